The molecule has 0 radical (unpaired) electrons. The third kappa shape index (κ3) is 5.28. The maximum atomic E-state index is 12.2. The van der Waals surface area contributed by atoms with Gasteiger partial charge in [-0.05, 0) is 33.3 Å². The molecule has 0 aliphatic carbocycles. The summed E-state index contributed by atoms with van der Waals surface area (Å²) in [6.07, 6.45) is 7.42. The lowest BCUT2D eigenvalue weighted by molar-refractivity contribution is -0.124. The number of nitrogens with zero attached hydrogens (tertiary/aromatic N) is 3. The van der Waals surface area contributed by atoms with Gasteiger partial charge in [0.1, 0.15) is 0 Å². The predicted octanol–water partition coefficient (Wildman–Crippen LogP) is 3.25. The molecule has 0 saturated heterocycles. The lowest BCUT2D eigenvalue weighted by atomic mass is 10.1. The topological polar surface area (TPSA) is 86.1 Å². The van der Waals surface area contributed by atoms with Gasteiger partial charge in [-0.2, -0.15) is 5.10 Å². The van der Waals surface area contributed by atoms with E-state index in [0.29, 0.717) is 5.56 Å². The van der Waals surface area contributed by atoms with Gasteiger partial charge >= 0.3 is 5.97 Å². The van der Waals surface area contributed by atoms with Crippen LogP contribution in [0.5, 0.6) is 0 Å². The summed E-state index contributed by atoms with van der Waals surface area (Å²) < 4.78 is 6.89. The highest BCUT2D eigenvalue weighted by Crippen LogP contribution is 2.17. The monoisotopic (exact) mass is 360 g/mol. The fourth-order valence-electron chi connectivity index (χ4n) is 2.73. The number of amides is 1. The molecular formula is C19H28N4O3. The molecule has 2 rings (SSSR count). The van der Waals surface area contributed by atoms with Crippen LogP contribution in [-0.4, -0.2) is 39.3 Å². The van der Waals surface area contributed by atoms with Gasteiger partial charge in [0.05, 0.1) is 11.8 Å². The van der Waals surface area contributed by atoms with Gasteiger partial charge in [0.2, 0.25) is 0 Å². The number of rotatable bonds is 9. The molecule has 0 fully saturated rings. The summed E-state index contributed by atoms with van der Waals surface area (Å²) in [5.41, 5.74) is 1.03. The molecule has 0 saturated carbocycles. The summed E-state index contributed by atoms with van der Waals surface area (Å²) in [6.45, 7) is 7.83. The fraction of sp³-hybridized carbons (Fsp3) is 0.579. The fourth-order valence-corrected chi connectivity index (χ4v) is 2.73. The summed E-state index contributed by atoms with van der Waals surface area (Å²) >= 11 is 0. The van der Waals surface area contributed by atoms with Gasteiger partial charge in [-0.1, -0.05) is 26.2 Å². The van der Waals surface area contributed by atoms with Gasteiger partial charge in [0.25, 0.3) is 5.91 Å². The van der Waals surface area contributed by atoms with Crippen LogP contribution in [0.25, 0.3) is 11.0 Å². The van der Waals surface area contributed by atoms with Crippen molar-refractivity contribution in [1.82, 2.24) is 20.1 Å². The number of pyridine rings is 1. The predicted molar refractivity (Wildman–Crippen MR) is 99.9 cm³/mol. The Hall–Kier alpha value is -2.44. The van der Waals surface area contributed by atoms with E-state index < -0.39 is 5.97 Å². The van der Waals surface area contributed by atoms with Crippen molar-refractivity contribution in [2.45, 2.75) is 65.5 Å². The van der Waals surface area contributed by atoms with Crippen LogP contribution < -0.4 is 5.32 Å². The Morgan fingerprint density at radius 3 is 2.69 bits per heavy atom. The smallest absolute Gasteiger partial charge is 0.340 e. The molecule has 1 atom stereocenters. The first-order chi connectivity index (χ1) is 12.4. The van der Waals surface area contributed by atoms with Gasteiger partial charge in [0.15, 0.2) is 12.3 Å². The Kier molecular flexibility index (Phi) is 7.12. The first-order valence-corrected chi connectivity index (χ1v) is 9.22. The van der Waals surface area contributed by atoms with Gasteiger partial charge in [-0.15, -0.1) is 0 Å². The van der Waals surface area contributed by atoms with Gasteiger partial charge in [-0.3, -0.25) is 4.79 Å². The van der Waals surface area contributed by atoms with Crippen LogP contribution in [-0.2, 0) is 9.53 Å². The van der Waals surface area contributed by atoms with Gasteiger partial charge < -0.3 is 10.1 Å². The normalized spacial score (nSPS) is 12.3. The second-order valence-corrected chi connectivity index (χ2v) is 6.86. The number of hydrogen-bond acceptors (Lipinski definition) is 5. The molecule has 1 N–H and O–H groups in total. The zero-order chi connectivity index (χ0) is 19.1. The first kappa shape index (κ1) is 19.9. The zero-order valence-electron chi connectivity index (χ0n) is 16.0. The van der Waals surface area contributed by atoms with Crippen molar-refractivity contribution in [2.24, 2.45) is 0 Å². The summed E-state index contributed by atoms with van der Waals surface area (Å²) in [5.74, 6) is -0.852. The minimum Gasteiger partial charge on any atom is -0.452 e. The Morgan fingerprint density at radius 2 is 2.00 bits per heavy atom. The third-order valence-electron chi connectivity index (χ3n) is 4.14. The van der Waals surface area contributed by atoms with Crippen LogP contribution in [0.15, 0.2) is 18.5 Å². The molecule has 0 aromatic carbocycles. The number of ether oxygens (including phenoxy) is 1. The van der Waals surface area contributed by atoms with E-state index in [0.717, 1.165) is 36.7 Å². The highest BCUT2D eigenvalue weighted by molar-refractivity contribution is 5.94. The zero-order valence-corrected chi connectivity index (χ0v) is 16.0. The quantitative estimate of drug-likeness (QED) is 0.548. The molecule has 2 aromatic heterocycles. The number of nitrogens with one attached hydrogen (secondary N) is 1. The average Bonchev–Trinajstić information content (AvgIpc) is 3.03. The number of aromatic nitrogens is 3. The van der Waals surface area contributed by atoms with E-state index in [4.69, 9.17) is 4.74 Å². The molecule has 0 bridgehead atoms. The van der Waals surface area contributed by atoms with Crippen LogP contribution in [0.1, 0.15) is 69.8 Å². The second kappa shape index (κ2) is 9.31. The van der Waals surface area contributed by atoms with E-state index in [2.05, 4.69) is 22.3 Å². The van der Waals surface area contributed by atoms with E-state index in [1.54, 1.807) is 16.9 Å². The van der Waals surface area contributed by atoms with E-state index in [9.17, 15) is 9.59 Å². The van der Waals surface area contributed by atoms with Crippen molar-refractivity contribution in [2.75, 3.05) is 6.61 Å². The average molecular weight is 360 g/mol. The van der Waals surface area contributed by atoms with E-state index in [-0.39, 0.29) is 24.6 Å². The summed E-state index contributed by atoms with van der Waals surface area (Å²) in [6, 6.07) is 1.94. The van der Waals surface area contributed by atoms with E-state index in [1.807, 2.05) is 20.8 Å². The molecular weight excluding hydrogens is 332 g/mol. The number of fused-ring (bicyclic) bond motifs is 1. The summed E-state index contributed by atoms with van der Waals surface area (Å²) in [7, 11) is 0. The van der Waals surface area contributed by atoms with Gasteiger partial charge in [-0.25, -0.2) is 14.5 Å². The Morgan fingerprint density at radius 1 is 1.23 bits per heavy atom. The van der Waals surface area contributed by atoms with Crippen LogP contribution in [0.3, 0.4) is 0 Å². The van der Waals surface area contributed by atoms with Crippen molar-refractivity contribution in [3.8, 4) is 0 Å². The highest BCUT2D eigenvalue weighted by atomic mass is 16.5. The van der Waals surface area contributed by atoms with Crippen molar-refractivity contribution >= 4 is 22.9 Å². The van der Waals surface area contributed by atoms with Crippen LogP contribution in [0.2, 0.25) is 0 Å². The van der Waals surface area contributed by atoms with Gasteiger partial charge in [0, 0.05) is 23.7 Å². The van der Waals surface area contributed by atoms with Crippen molar-refractivity contribution in [3.05, 3.63) is 24.0 Å². The molecule has 2 heterocycles. The molecule has 7 heteroatoms. The van der Waals surface area contributed by atoms with Crippen molar-refractivity contribution in [3.63, 3.8) is 0 Å². The largest absolute Gasteiger partial charge is 0.452 e. The number of carbonyl (C=O) groups is 2. The van der Waals surface area contributed by atoms with Crippen LogP contribution in [0.4, 0.5) is 0 Å². The molecule has 2 aromatic rings. The Bertz CT molecular complexity index is 754. The first-order valence-electron chi connectivity index (χ1n) is 9.22. The van der Waals surface area contributed by atoms with E-state index in [1.165, 1.54) is 6.20 Å². The molecule has 0 aliphatic heterocycles. The third-order valence-corrected chi connectivity index (χ3v) is 4.14. The molecule has 0 spiro atoms. The second-order valence-electron chi connectivity index (χ2n) is 6.86. The lowest BCUT2D eigenvalue weighted by Gasteiger charge is -2.13. The van der Waals surface area contributed by atoms with Crippen molar-refractivity contribution < 1.29 is 14.3 Å². The van der Waals surface area contributed by atoms with Crippen LogP contribution >= 0.6 is 0 Å². The molecule has 26 heavy (non-hydrogen) atoms. The Labute approximate surface area is 154 Å². The van der Waals surface area contributed by atoms with Crippen molar-refractivity contribution in [1.29, 1.82) is 0 Å². The highest BCUT2D eigenvalue weighted by Gasteiger charge is 2.15. The minimum atomic E-state index is -0.564. The minimum absolute atomic E-state index is 0.0765. The molecule has 7 nitrogen and oxygen atoms in total. The summed E-state index contributed by atoms with van der Waals surface area (Å²) in [5, 5.41) is 7.88. The number of unbranched alkanes of at least 4 members (excludes halogenated alkanes) is 2. The maximum absolute atomic E-state index is 12.2. The number of esters is 1. The number of carbonyl (C=O) groups excluding carboxylic acids is 2. The molecule has 142 valence electrons. The van der Waals surface area contributed by atoms with E-state index >= 15 is 0 Å². The standard InChI is InChI=1S/C19H28N4O3/c1-5-6-7-8-14(4)22-17(24)12-26-19(25)16-9-15-11-21-23(13(2)3)18(15)20-10-16/h9-11,13-14H,5-8,12H2,1-4H3,(H,22,24). The summed E-state index contributed by atoms with van der Waals surface area (Å²) in [4.78, 5) is 28.4. The molecule has 1 unspecified atom stereocenters. The SMILES string of the molecule is CCCCCC(C)NC(=O)COC(=O)c1cnc2c(cnn2C(C)C)c1. The Balaban J connectivity index is 1.87. The number of hydrogen-bond donors (Lipinski definition) is 1. The lowest BCUT2D eigenvalue weighted by Crippen LogP contribution is -2.35. The van der Waals surface area contributed by atoms with Crippen LogP contribution in [0, 0.1) is 0 Å². The molecule has 0 aliphatic rings. The molecule has 1 amide bonds. The maximum Gasteiger partial charge on any atom is 0.340 e.